The van der Waals surface area contributed by atoms with Gasteiger partial charge < -0.3 is 15.1 Å². The van der Waals surface area contributed by atoms with E-state index in [2.05, 4.69) is 29.3 Å². The molecule has 2 amide bonds. The van der Waals surface area contributed by atoms with E-state index < -0.39 is 0 Å². The van der Waals surface area contributed by atoms with Crippen molar-refractivity contribution in [2.45, 2.75) is 33.6 Å². The Morgan fingerprint density at radius 2 is 1.62 bits per heavy atom. The van der Waals surface area contributed by atoms with E-state index in [9.17, 15) is 9.59 Å². The first-order chi connectivity index (χ1) is 14.0. The molecule has 0 saturated carbocycles. The zero-order valence-electron chi connectivity index (χ0n) is 17.6. The quantitative estimate of drug-likeness (QED) is 0.777. The lowest BCUT2D eigenvalue weighted by atomic mass is 9.99. The summed E-state index contributed by atoms with van der Waals surface area (Å²) in [5.74, 6) is 0.540. The molecule has 0 radical (unpaired) electrons. The van der Waals surface area contributed by atoms with Crippen LogP contribution >= 0.6 is 0 Å². The average Bonchev–Trinajstić information content (AvgIpc) is 2.76. The van der Waals surface area contributed by atoms with Gasteiger partial charge in [-0.05, 0) is 75.1 Å². The normalized spacial score (nSPS) is 14.5. The van der Waals surface area contributed by atoms with Gasteiger partial charge in [0, 0.05) is 48.7 Å². The second-order valence-electron chi connectivity index (χ2n) is 7.73. The van der Waals surface area contributed by atoms with Gasteiger partial charge in [-0.3, -0.25) is 9.59 Å². The van der Waals surface area contributed by atoms with Gasteiger partial charge in [0.1, 0.15) is 0 Å². The molecular weight excluding hydrogens is 362 g/mol. The maximum atomic E-state index is 12.7. The molecule has 0 spiro atoms. The molecule has 2 aromatic rings. The summed E-state index contributed by atoms with van der Waals surface area (Å²) in [6, 6.07) is 14.9. The minimum Gasteiger partial charge on any atom is -0.372 e. The van der Waals surface area contributed by atoms with Gasteiger partial charge in [0.2, 0.25) is 0 Å². The average molecular weight is 394 g/mol. The van der Waals surface area contributed by atoms with E-state index in [1.807, 2.05) is 26.0 Å². The van der Waals surface area contributed by atoms with E-state index >= 15 is 0 Å². The van der Waals surface area contributed by atoms with Crippen molar-refractivity contribution in [3.63, 3.8) is 0 Å². The molecule has 29 heavy (non-hydrogen) atoms. The Hall–Kier alpha value is -2.82. The Kier molecular flexibility index (Phi) is 6.91. The maximum Gasteiger partial charge on any atom is 0.255 e. The van der Waals surface area contributed by atoms with Crippen molar-refractivity contribution in [3.8, 4) is 0 Å². The minimum absolute atomic E-state index is 0.0511. The van der Waals surface area contributed by atoms with Crippen LogP contribution in [0.4, 0.5) is 11.4 Å². The number of rotatable bonds is 6. The molecule has 0 aromatic heterocycles. The van der Waals surface area contributed by atoms with Gasteiger partial charge in [-0.25, -0.2) is 0 Å². The Balaban J connectivity index is 1.66. The van der Waals surface area contributed by atoms with E-state index in [4.69, 9.17) is 0 Å². The van der Waals surface area contributed by atoms with Crippen molar-refractivity contribution in [3.05, 3.63) is 59.7 Å². The maximum absolute atomic E-state index is 12.7. The molecular formula is C24H31N3O2. The van der Waals surface area contributed by atoms with E-state index in [0.717, 1.165) is 24.7 Å². The van der Waals surface area contributed by atoms with Gasteiger partial charge in [0.15, 0.2) is 0 Å². The van der Waals surface area contributed by atoms with Crippen LogP contribution in [0.2, 0.25) is 0 Å². The molecule has 1 fully saturated rings. The van der Waals surface area contributed by atoms with Crippen molar-refractivity contribution in [1.82, 2.24) is 4.90 Å². The van der Waals surface area contributed by atoms with Gasteiger partial charge in [-0.1, -0.05) is 13.0 Å². The fraction of sp³-hybridized carbons (Fsp3) is 0.417. The van der Waals surface area contributed by atoms with Crippen LogP contribution in [-0.4, -0.2) is 42.9 Å². The standard InChI is InChI=1S/C24H31N3O2/c1-4-26(5-2)24(29)20-8-6-7-19(17-20)23(28)25-21-9-11-22(12-10-21)27-15-13-18(3)14-16-27/h6-12,17-18H,4-5,13-16H2,1-3H3,(H,25,28). The molecule has 2 aromatic carbocycles. The van der Waals surface area contributed by atoms with E-state index in [1.165, 1.54) is 18.5 Å². The summed E-state index contributed by atoms with van der Waals surface area (Å²) in [4.78, 5) is 29.4. The highest BCUT2D eigenvalue weighted by Gasteiger charge is 2.17. The van der Waals surface area contributed by atoms with Crippen molar-refractivity contribution in [2.75, 3.05) is 36.4 Å². The Morgan fingerprint density at radius 1 is 1.00 bits per heavy atom. The number of piperidine rings is 1. The third kappa shape index (κ3) is 5.17. The monoisotopic (exact) mass is 393 g/mol. The molecule has 154 valence electrons. The molecule has 1 saturated heterocycles. The number of carbonyl (C=O) groups excluding carboxylic acids is 2. The number of nitrogens with zero attached hydrogens (tertiary/aromatic N) is 2. The highest BCUT2D eigenvalue weighted by atomic mass is 16.2. The van der Waals surface area contributed by atoms with Gasteiger partial charge in [-0.2, -0.15) is 0 Å². The summed E-state index contributed by atoms with van der Waals surface area (Å²) >= 11 is 0. The van der Waals surface area contributed by atoms with Gasteiger partial charge in [0.25, 0.3) is 11.8 Å². The highest BCUT2D eigenvalue weighted by Crippen LogP contribution is 2.24. The fourth-order valence-electron chi connectivity index (χ4n) is 3.71. The van der Waals surface area contributed by atoms with Crippen molar-refractivity contribution < 1.29 is 9.59 Å². The highest BCUT2D eigenvalue weighted by molar-refractivity contribution is 6.06. The topological polar surface area (TPSA) is 52.7 Å². The van der Waals surface area contributed by atoms with Gasteiger partial charge >= 0.3 is 0 Å². The van der Waals surface area contributed by atoms with E-state index in [-0.39, 0.29) is 11.8 Å². The molecule has 1 heterocycles. The summed E-state index contributed by atoms with van der Waals surface area (Å²) < 4.78 is 0. The minimum atomic E-state index is -0.209. The van der Waals surface area contributed by atoms with Crippen LogP contribution in [0.1, 0.15) is 54.3 Å². The zero-order chi connectivity index (χ0) is 20.8. The molecule has 0 unspecified atom stereocenters. The molecule has 0 aliphatic carbocycles. The second kappa shape index (κ2) is 9.59. The second-order valence-corrected chi connectivity index (χ2v) is 7.73. The SMILES string of the molecule is CCN(CC)C(=O)c1cccc(C(=O)Nc2ccc(N3CCC(C)CC3)cc2)c1. The third-order valence-corrected chi connectivity index (χ3v) is 5.70. The summed E-state index contributed by atoms with van der Waals surface area (Å²) in [6.45, 7) is 9.67. The Morgan fingerprint density at radius 3 is 2.24 bits per heavy atom. The smallest absolute Gasteiger partial charge is 0.255 e. The largest absolute Gasteiger partial charge is 0.372 e. The predicted molar refractivity (Wildman–Crippen MR) is 119 cm³/mol. The van der Waals surface area contributed by atoms with E-state index in [1.54, 1.807) is 29.2 Å². The van der Waals surface area contributed by atoms with Crippen LogP contribution in [0.25, 0.3) is 0 Å². The molecule has 1 aliphatic heterocycles. The number of hydrogen-bond acceptors (Lipinski definition) is 3. The number of nitrogens with one attached hydrogen (secondary N) is 1. The lowest BCUT2D eigenvalue weighted by Crippen LogP contribution is -2.32. The number of carbonyl (C=O) groups is 2. The molecule has 1 aliphatic rings. The summed E-state index contributed by atoms with van der Waals surface area (Å²) in [7, 11) is 0. The predicted octanol–water partition coefficient (Wildman–Crippen LogP) is 4.66. The first-order valence-corrected chi connectivity index (χ1v) is 10.6. The first-order valence-electron chi connectivity index (χ1n) is 10.6. The zero-order valence-corrected chi connectivity index (χ0v) is 17.6. The van der Waals surface area contributed by atoms with Crippen LogP contribution in [-0.2, 0) is 0 Å². The third-order valence-electron chi connectivity index (χ3n) is 5.70. The number of anilines is 2. The summed E-state index contributed by atoms with van der Waals surface area (Å²) in [5.41, 5.74) is 2.97. The molecule has 0 bridgehead atoms. The lowest BCUT2D eigenvalue weighted by molar-refractivity contribution is 0.0773. The molecule has 5 nitrogen and oxygen atoms in total. The summed E-state index contributed by atoms with van der Waals surface area (Å²) in [6.07, 6.45) is 2.45. The fourth-order valence-corrected chi connectivity index (χ4v) is 3.71. The van der Waals surface area contributed by atoms with Crippen LogP contribution in [0.5, 0.6) is 0 Å². The molecule has 3 rings (SSSR count). The lowest BCUT2D eigenvalue weighted by Gasteiger charge is -2.32. The summed E-state index contributed by atoms with van der Waals surface area (Å²) in [5, 5.41) is 2.94. The van der Waals surface area contributed by atoms with Gasteiger partial charge in [0.05, 0.1) is 0 Å². The van der Waals surface area contributed by atoms with Crippen LogP contribution in [0.15, 0.2) is 48.5 Å². The number of hydrogen-bond donors (Lipinski definition) is 1. The van der Waals surface area contributed by atoms with Crippen molar-refractivity contribution >= 4 is 23.2 Å². The van der Waals surface area contributed by atoms with Gasteiger partial charge in [-0.15, -0.1) is 0 Å². The van der Waals surface area contributed by atoms with Crippen LogP contribution < -0.4 is 10.2 Å². The van der Waals surface area contributed by atoms with Crippen molar-refractivity contribution in [2.24, 2.45) is 5.92 Å². The van der Waals surface area contributed by atoms with E-state index in [0.29, 0.717) is 24.2 Å². The molecule has 0 atom stereocenters. The van der Waals surface area contributed by atoms with Crippen LogP contribution in [0.3, 0.4) is 0 Å². The Labute approximate surface area is 173 Å². The molecule has 5 heteroatoms. The first kappa shape index (κ1) is 20.9. The van der Waals surface area contributed by atoms with Crippen LogP contribution in [0, 0.1) is 5.92 Å². The molecule has 1 N–H and O–H groups in total. The Bertz CT molecular complexity index is 835. The number of benzene rings is 2. The van der Waals surface area contributed by atoms with Crippen molar-refractivity contribution in [1.29, 1.82) is 0 Å². The number of amides is 2.